The van der Waals surface area contributed by atoms with E-state index in [0.717, 1.165) is 42.7 Å². The molecular formula is C21H25N3O4S. The van der Waals surface area contributed by atoms with Gasteiger partial charge in [-0.25, -0.2) is 13.4 Å². The van der Waals surface area contributed by atoms with Crippen molar-refractivity contribution in [3.05, 3.63) is 54.0 Å². The van der Waals surface area contributed by atoms with Crippen LogP contribution in [0.4, 0.5) is 5.69 Å². The van der Waals surface area contributed by atoms with Gasteiger partial charge in [0, 0.05) is 19.4 Å². The summed E-state index contributed by atoms with van der Waals surface area (Å²) in [7, 11) is -1.17. The number of hydrazone groups is 1. The molecule has 1 aromatic heterocycles. The number of anilines is 1. The quantitative estimate of drug-likeness (QED) is 0.758. The lowest BCUT2D eigenvalue weighted by Crippen LogP contribution is -2.33. The fourth-order valence-corrected chi connectivity index (χ4v) is 4.41. The summed E-state index contributed by atoms with van der Waals surface area (Å²) in [4.78, 5) is 13.2. The monoisotopic (exact) mass is 415 g/mol. The number of carbonyl (C=O) groups excluding carboxylic acids is 1. The van der Waals surface area contributed by atoms with Crippen molar-refractivity contribution in [1.82, 2.24) is 5.01 Å². The minimum Gasteiger partial charge on any atom is -0.467 e. The molecule has 0 N–H and O–H groups in total. The lowest BCUT2D eigenvalue weighted by molar-refractivity contribution is -0.138. The van der Waals surface area contributed by atoms with Crippen molar-refractivity contribution < 1.29 is 17.6 Å². The average Bonchev–Trinajstić information content (AvgIpc) is 3.43. The zero-order valence-electron chi connectivity index (χ0n) is 16.4. The van der Waals surface area contributed by atoms with Crippen LogP contribution in [0.5, 0.6) is 0 Å². The second-order valence-electron chi connectivity index (χ2n) is 7.61. The normalized spacial score (nSPS) is 20.1. The number of amides is 1. The van der Waals surface area contributed by atoms with E-state index in [-0.39, 0.29) is 17.9 Å². The zero-order chi connectivity index (χ0) is 20.4. The van der Waals surface area contributed by atoms with Gasteiger partial charge in [-0.2, -0.15) is 5.10 Å². The highest BCUT2D eigenvalue weighted by molar-refractivity contribution is 7.74. The number of rotatable bonds is 5. The van der Waals surface area contributed by atoms with Gasteiger partial charge in [0.25, 0.3) is 0 Å². The summed E-state index contributed by atoms with van der Waals surface area (Å²) >= 11 is 0. The van der Waals surface area contributed by atoms with E-state index < -0.39 is 10.9 Å². The molecule has 154 valence electrons. The molecule has 29 heavy (non-hydrogen) atoms. The predicted octanol–water partition coefficient (Wildman–Crippen LogP) is 3.50. The molecule has 2 heterocycles. The van der Waals surface area contributed by atoms with Crippen LogP contribution >= 0.6 is 0 Å². The van der Waals surface area contributed by atoms with Crippen LogP contribution in [0.25, 0.3) is 0 Å². The van der Waals surface area contributed by atoms with Crippen LogP contribution in [0.15, 0.2) is 52.2 Å². The molecule has 1 aromatic carbocycles. The number of thiol groups is 1. The number of hydrogen-bond donors (Lipinski definition) is 1. The van der Waals surface area contributed by atoms with Crippen molar-refractivity contribution >= 4 is 28.2 Å². The second-order valence-corrected chi connectivity index (χ2v) is 8.68. The molecule has 0 radical (unpaired) electrons. The summed E-state index contributed by atoms with van der Waals surface area (Å²) in [6.45, 7) is 0. The van der Waals surface area contributed by atoms with Gasteiger partial charge in [-0.05, 0) is 42.7 Å². The first-order chi connectivity index (χ1) is 14.0. The Bertz CT molecular complexity index is 952. The highest BCUT2D eigenvalue weighted by Gasteiger charge is 2.38. The van der Waals surface area contributed by atoms with Gasteiger partial charge < -0.3 is 4.42 Å². The molecule has 2 aliphatic rings. The Morgan fingerprint density at radius 3 is 2.48 bits per heavy atom. The van der Waals surface area contributed by atoms with Crippen LogP contribution in [-0.4, -0.2) is 32.1 Å². The number of furan rings is 1. The van der Waals surface area contributed by atoms with E-state index in [1.54, 1.807) is 23.4 Å². The SMILES string of the molecule is CN(c1ccc(C2=NN(C(=O)C3CCCCC3)C(c3ccco3)C2)cc1)[SH](=O)=O. The van der Waals surface area contributed by atoms with Gasteiger partial charge in [0.1, 0.15) is 11.8 Å². The second kappa shape index (κ2) is 8.41. The smallest absolute Gasteiger partial charge is 0.246 e. The minimum atomic E-state index is -2.68. The third-order valence-corrected chi connectivity index (χ3v) is 6.50. The molecule has 1 atom stereocenters. The largest absolute Gasteiger partial charge is 0.467 e. The third-order valence-electron chi connectivity index (χ3n) is 5.78. The molecular weight excluding hydrogens is 390 g/mol. The van der Waals surface area contributed by atoms with Crippen LogP contribution in [0.2, 0.25) is 0 Å². The van der Waals surface area contributed by atoms with Crippen molar-refractivity contribution in [1.29, 1.82) is 0 Å². The van der Waals surface area contributed by atoms with E-state index in [1.165, 1.54) is 17.8 Å². The van der Waals surface area contributed by atoms with Gasteiger partial charge in [0.15, 0.2) is 0 Å². The summed E-state index contributed by atoms with van der Waals surface area (Å²) < 4.78 is 29.1. The minimum absolute atomic E-state index is 0.0219. The summed E-state index contributed by atoms with van der Waals surface area (Å²) in [6, 6.07) is 10.6. The van der Waals surface area contributed by atoms with E-state index in [0.29, 0.717) is 12.1 Å². The predicted molar refractivity (Wildman–Crippen MR) is 111 cm³/mol. The summed E-state index contributed by atoms with van der Waals surface area (Å²) in [5.74, 6) is 0.821. The van der Waals surface area contributed by atoms with E-state index in [9.17, 15) is 13.2 Å². The van der Waals surface area contributed by atoms with Crippen molar-refractivity contribution in [3.8, 4) is 0 Å². The molecule has 0 bridgehead atoms. The van der Waals surface area contributed by atoms with Crippen LogP contribution in [-0.2, 0) is 15.7 Å². The maximum atomic E-state index is 13.2. The maximum absolute atomic E-state index is 13.2. The van der Waals surface area contributed by atoms with Gasteiger partial charge in [-0.15, -0.1) is 0 Å². The van der Waals surface area contributed by atoms with Crippen molar-refractivity contribution in [2.45, 2.75) is 44.6 Å². The van der Waals surface area contributed by atoms with E-state index >= 15 is 0 Å². The fraction of sp³-hybridized carbons (Fsp3) is 0.429. The molecule has 1 aliphatic heterocycles. The molecule has 0 spiro atoms. The van der Waals surface area contributed by atoms with Crippen molar-refractivity contribution in [3.63, 3.8) is 0 Å². The Morgan fingerprint density at radius 2 is 1.86 bits per heavy atom. The number of benzene rings is 1. The Hall–Kier alpha value is -2.61. The molecule has 0 saturated heterocycles. The molecule has 1 amide bonds. The topological polar surface area (TPSA) is 83.2 Å². The van der Waals surface area contributed by atoms with Crippen LogP contribution in [0.3, 0.4) is 0 Å². The van der Waals surface area contributed by atoms with Gasteiger partial charge in [-0.1, -0.05) is 31.4 Å². The lowest BCUT2D eigenvalue weighted by Gasteiger charge is -2.27. The van der Waals surface area contributed by atoms with E-state index in [2.05, 4.69) is 5.10 Å². The number of nitrogens with zero attached hydrogens (tertiary/aromatic N) is 3. The molecule has 2 aromatic rings. The number of hydrogen-bond acceptors (Lipinski definition) is 5. The first-order valence-corrected chi connectivity index (χ1v) is 11.1. The highest BCUT2D eigenvalue weighted by Crippen LogP contribution is 2.36. The number of carbonyl (C=O) groups is 1. The van der Waals surface area contributed by atoms with Gasteiger partial charge in [-0.3, -0.25) is 9.10 Å². The third kappa shape index (κ3) is 4.07. The molecule has 1 aliphatic carbocycles. The zero-order valence-corrected chi connectivity index (χ0v) is 17.3. The molecule has 1 saturated carbocycles. The maximum Gasteiger partial charge on any atom is 0.246 e. The average molecular weight is 416 g/mol. The van der Waals surface area contributed by atoms with E-state index in [1.807, 2.05) is 24.3 Å². The first-order valence-electron chi connectivity index (χ1n) is 9.97. The Labute approximate surface area is 172 Å². The molecule has 8 heteroatoms. The first kappa shape index (κ1) is 19.7. The molecule has 4 rings (SSSR count). The summed E-state index contributed by atoms with van der Waals surface area (Å²) in [5.41, 5.74) is 2.26. The molecule has 7 nitrogen and oxygen atoms in total. The van der Waals surface area contributed by atoms with Gasteiger partial charge in [0.05, 0.1) is 17.7 Å². The lowest BCUT2D eigenvalue weighted by atomic mass is 9.88. The van der Waals surface area contributed by atoms with Gasteiger partial charge in [0.2, 0.25) is 16.8 Å². The van der Waals surface area contributed by atoms with Crippen LogP contribution in [0, 0.1) is 5.92 Å². The van der Waals surface area contributed by atoms with Crippen molar-refractivity contribution in [2.75, 3.05) is 11.4 Å². The highest BCUT2D eigenvalue weighted by atomic mass is 32.2. The summed E-state index contributed by atoms with van der Waals surface area (Å²) in [6.07, 6.45) is 7.38. The molecule has 1 fully saturated rings. The summed E-state index contributed by atoms with van der Waals surface area (Å²) in [5, 5.41) is 6.30. The van der Waals surface area contributed by atoms with Crippen molar-refractivity contribution in [2.24, 2.45) is 11.0 Å². The van der Waals surface area contributed by atoms with Gasteiger partial charge >= 0.3 is 0 Å². The fourth-order valence-electron chi connectivity index (χ4n) is 4.09. The Balaban J connectivity index is 1.61. The standard InChI is InChI=1S/C21H25N3O4S/c1-23(29(26)27)17-11-9-15(10-12-17)18-14-19(20-8-5-13-28-20)24(22-18)21(25)16-6-3-2-4-7-16/h5,8-13,16,19,29H,2-4,6-7,14H2,1H3. The van der Waals surface area contributed by atoms with Crippen LogP contribution < -0.4 is 4.31 Å². The molecule has 1 unspecified atom stereocenters. The van der Waals surface area contributed by atoms with Crippen LogP contribution in [0.1, 0.15) is 55.9 Å². The Morgan fingerprint density at radius 1 is 1.14 bits per heavy atom. The van der Waals surface area contributed by atoms with E-state index in [4.69, 9.17) is 4.42 Å². The Kier molecular flexibility index (Phi) is 5.71.